The molecule has 7 nitrogen and oxygen atoms in total. The second-order valence-electron chi connectivity index (χ2n) is 4.19. The molecular weight excluding hydrogens is 248 g/mol. The summed E-state index contributed by atoms with van der Waals surface area (Å²) < 4.78 is 32.3. The molecule has 2 N–H and O–H groups in total. The van der Waals surface area contributed by atoms with Gasteiger partial charge in [0.25, 0.3) is 10.2 Å². The summed E-state index contributed by atoms with van der Waals surface area (Å²) in [7, 11) is -3.75. The standard InChI is InChI=1S/C9H18N2O5S/c1-7(2)8(9(12)13)10-17(14,15)11-3-5-16-6-4-11/h7-8,10H,3-6H2,1-2H3,(H,12,13). The number of hydrogen-bond donors (Lipinski definition) is 2. The molecule has 0 radical (unpaired) electrons. The Morgan fingerprint density at radius 2 is 1.88 bits per heavy atom. The third kappa shape index (κ3) is 3.91. The average molecular weight is 266 g/mol. The zero-order valence-corrected chi connectivity index (χ0v) is 10.7. The molecule has 0 bridgehead atoms. The zero-order chi connectivity index (χ0) is 13.1. The first kappa shape index (κ1) is 14.4. The predicted molar refractivity (Wildman–Crippen MR) is 60.7 cm³/mol. The predicted octanol–water partition coefficient (Wildman–Crippen LogP) is -0.738. The minimum atomic E-state index is -3.75. The van der Waals surface area contributed by atoms with Gasteiger partial charge in [0.1, 0.15) is 6.04 Å². The number of ether oxygens (including phenoxy) is 1. The lowest BCUT2D eigenvalue weighted by Crippen LogP contribution is -2.53. The normalized spacial score (nSPS) is 20.4. The molecule has 100 valence electrons. The Hall–Kier alpha value is -0.700. The quantitative estimate of drug-likeness (QED) is 0.683. The molecule has 1 aliphatic rings. The van der Waals surface area contributed by atoms with E-state index in [4.69, 9.17) is 9.84 Å². The van der Waals surface area contributed by atoms with Gasteiger partial charge < -0.3 is 9.84 Å². The molecule has 0 aromatic heterocycles. The van der Waals surface area contributed by atoms with Crippen LogP contribution in [0.4, 0.5) is 0 Å². The molecular formula is C9H18N2O5S. The molecule has 0 amide bonds. The molecule has 1 aliphatic heterocycles. The Labute approximate surface area is 101 Å². The second-order valence-corrected chi connectivity index (χ2v) is 5.90. The van der Waals surface area contributed by atoms with E-state index in [2.05, 4.69) is 4.72 Å². The van der Waals surface area contributed by atoms with Gasteiger partial charge in [0.15, 0.2) is 0 Å². The van der Waals surface area contributed by atoms with E-state index >= 15 is 0 Å². The van der Waals surface area contributed by atoms with Gasteiger partial charge in [-0.1, -0.05) is 13.8 Å². The first-order valence-corrected chi connectivity index (χ1v) is 6.86. The highest BCUT2D eigenvalue weighted by molar-refractivity contribution is 7.87. The van der Waals surface area contributed by atoms with E-state index in [0.717, 1.165) is 0 Å². The summed E-state index contributed by atoms with van der Waals surface area (Å²) in [6.07, 6.45) is 0. The Kier molecular flexibility index (Phi) is 4.87. The number of rotatable bonds is 5. The fourth-order valence-corrected chi connectivity index (χ4v) is 2.97. The summed E-state index contributed by atoms with van der Waals surface area (Å²) in [6, 6.07) is -1.11. The SMILES string of the molecule is CC(C)C(NS(=O)(=O)N1CCOCC1)C(=O)O. The van der Waals surface area contributed by atoms with E-state index in [1.165, 1.54) is 4.31 Å². The molecule has 17 heavy (non-hydrogen) atoms. The minimum Gasteiger partial charge on any atom is -0.480 e. The van der Waals surface area contributed by atoms with Gasteiger partial charge in [-0.15, -0.1) is 0 Å². The van der Waals surface area contributed by atoms with Crippen LogP contribution in [0.1, 0.15) is 13.8 Å². The van der Waals surface area contributed by atoms with Crippen LogP contribution in [-0.2, 0) is 19.7 Å². The van der Waals surface area contributed by atoms with Crippen LogP contribution < -0.4 is 4.72 Å². The zero-order valence-electron chi connectivity index (χ0n) is 9.92. The van der Waals surface area contributed by atoms with Crippen LogP contribution in [0.25, 0.3) is 0 Å². The van der Waals surface area contributed by atoms with E-state index in [1.807, 2.05) is 0 Å². The maximum Gasteiger partial charge on any atom is 0.322 e. The highest BCUT2D eigenvalue weighted by Crippen LogP contribution is 2.08. The van der Waals surface area contributed by atoms with Gasteiger partial charge in [0.2, 0.25) is 0 Å². The maximum absolute atomic E-state index is 11.9. The van der Waals surface area contributed by atoms with E-state index < -0.39 is 22.2 Å². The Balaban J connectivity index is 2.73. The monoisotopic (exact) mass is 266 g/mol. The summed E-state index contributed by atoms with van der Waals surface area (Å²) >= 11 is 0. The van der Waals surface area contributed by atoms with Gasteiger partial charge in [-0.05, 0) is 5.92 Å². The molecule has 0 aromatic carbocycles. The third-order valence-corrected chi connectivity index (χ3v) is 4.12. The first-order valence-electron chi connectivity index (χ1n) is 5.42. The van der Waals surface area contributed by atoms with Crippen molar-refractivity contribution in [2.24, 2.45) is 5.92 Å². The smallest absolute Gasteiger partial charge is 0.322 e. The largest absolute Gasteiger partial charge is 0.480 e. The lowest BCUT2D eigenvalue weighted by molar-refractivity contribution is -0.140. The van der Waals surface area contributed by atoms with Crippen molar-refractivity contribution >= 4 is 16.2 Å². The second kappa shape index (κ2) is 5.76. The molecule has 1 unspecified atom stereocenters. The summed E-state index contributed by atoms with van der Waals surface area (Å²) in [6.45, 7) is 4.47. The van der Waals surface area contributed by atoms with Crippen molar-refractivity contribution in [3.8, 4) is 0 Å². The van der Waals surface area contributed by atoms with Gasteiger partial charge in [-0.3, -0.25) is 4.79 Å². The van der Waals surface area contributed by atoms with Crippen molar-refractivity contribution in [2.75, 3.05) is 26.3 Å². The number of nitrogens with zero attached hydrogens (tertiary/aromatic N) is 1. The summed E-state index contributed by atoms with van der Waals surface area (Å²) in [5.74, 6) is -1.49. The maximum atomic E-state index is 11.9. The molecule has 0 saturated carbocycles. The van der Waals surface area contributed by atoms with Gasteiger partial charge in [0.05, 0.1) is 13.2 Å². The highest BCUT2D eigenvalue weighted by Gasteiger charge is 2.31. The van der Waals surface area contributed by atoms with Crippen LogP contribution in [0.5, 0.6) is 0 Å². The fraction of sp³-hybridized carbons (Fsp3) is 0.889. The molecule has 0 aromatic rings. The molecule has 1 rings (SSSR count). The van der Waals surface area contributed by atoms with Crippen molar-refractivity contribution in [1.82, 2.24) is 9.03 Å². The minimum absolute atomic E-state index is 0.250. The molecule has 1 atom stereocenters. The van der Waals surface area contributed by atoms with Gasteiger partial charge in [-0.25, -0.2) is 0 Å². The number of nitrogens with one attached hydrogen (secondary N) is 1. The first-order chi connectivity index (χ1) is 7.84. The van der Waals surface area contributed by atoms with Crippen LogP contribution in [-0.4, -0.2) is 56.1 Å². The average Bonchev–Trinajstić information content (AvgIpc) is 2.26. The number of carboxylic acids is 1. The summed E-state index contributed by atoms with van der Waals surface area (Å²) in [5.41, 5.74) is 0. The Bertz CT molecular complexity index is 362. The van der Waals surface area contributed by atoms with E-state index in [0.29, 0.717) is 13.2 Å². The van der Waals surface area contributed by atoms with Crippen LogP contribution in [0, 0.1) is 5.92 Å². The summed E-state index contributed by atoms with van der Waals surface area (Å²) in [5, 5.41) is 8.94. The Morgan fingerprint density at radius 3 is 2.29 bits per heavy atom. The molecule has 8 heteroatoms. The van der Waals surface area contributed by atoms with Crippen molar-refractivity contribution in [1.29, 1.82) is 0 Å². The van der Waals surface area contributed by atoms with Crippen LogP contribution in [0.3, 0.4) is 0 Å². The van der Waals surface area contributed by atoms with Crippen LogP contribution in [0.2, 0.25) is 0 Å². The lowest BCUT2D eigenvalue weighted by atomic mass is 10.1. The highest BCUT2D eigenvalue weighted by atomic mass is 32.2. The van der Waals surface area contributed by atoms with E-state index in [9.17, 15) is 13.2 Å². The Morgan fingerprint density at radius 1 is 1.35 bits per heavy atom. The van der Waals surface area contributed by atoms with Crippen LogP contribution in [0.15, 0.2) is 0 Å². The molecule has 0 aliphatic carbocycles. The van der Waals surface area contributed by atoms with Crippen LogP contribution >= 0.6 is 0 Å². The van der Waals surface area contributed by atoms with E-state index in [-0.39, 0.29) is 19.0 Å². The molecule has 1 heterocycles. The van der Waals surface area contributed by atoms with Gasteiger partial charge in [-0.2, -0.15) is 17.4 Å². The number of carbonyl (C=O) groups is 1. The van der Waals surface area contributed by atoms with Crippen molar-refractivity contribution in [2.45, 2.75) is 19.9 Å². The van der Waals surface area contributed by atoms with Crippen molar-refractivity contribution in [3.05, 3.63) is 0 Å². The third-order valence-electron chi connectivity index (χ3n) is 2.52. The number of morpholine rings is 1. The molecule has 1 saturated heterocycles. The van der Waals surface area contributed by atoms with E-state index in [1.54, 1.807) is 13.8 Å². The molecule has 1 fully saturated rings. The molecule has 0 spiro atoms. The van der Waals surface area contributed by atoms with Gasteiger partial charge in [0, 0.05) is 13.1 Å². The summed E-state index contributed by atoms with van der Waals surface area (Å²) in [4.78, 5) is 10.9. The topological polar surface area (TPSA) is 95.9 Å². The number of hydrogen-bond acceptors (Lipinski definition) is 4. The van der Waals surface area contributed by atoms with Crippen molar-refractivity contribution in [3.63, 3.8) is 0 Å². The lowest BCUT2D eigenvalue weighted by Gasteiger charge is -2.28. The van der Waals surface area contributed by atoms with Gasteiger partial charge >= 0.3 is 5.97 Å². The van der Waals surface area contributed by atoms with Crippen molar-refractivity contribution < 1.29 is 23.1 Å². The number of carboxylic acid groups (broad SMARTS) is 1. The fourth-order valence-electron chi connectivity index (χ4n) is 1.49. The number of aliphatic carboxylic acids is 1.